The van der Waals surface area contributed by atoms with Crippen molar-refractivity contribution < 1.29 is 5.11 Å². The Balaban J connectivity index is 2.04. The minimum atomic E-state index is 0.165. The highest BCUT2D eigenvalue weighted by atomic mass is 16.3. The van der Waals surface area contributed by atoms with Crippen molar-refractivity contribution in [3.63, 3.8) is 0 Å². The van der Waals surface area contributed by atoms with Gasteiger partial charge in [0.25, 0.3) is 0 Å². The molecule has 1 aromatic rings. The van der Waals surface area contributed by atoms with Gasteiger partial charge in [0.1, 0.15) is 0 Å². The second-order valence-electron chi connectivity index (χ2n) is 6.27. The molecule has 0 saturated heterocycles. The topological polar surface area (TPSA) is 61.5 Å². The summed E-state index contributed by atoms with van der Waals surface area (Å²) in [6.07, 6.45) is 4.72. The van der Waals surface area contributed by atoms with Gasteiger partial charge in [0.2, 0.25) is 0 Å². The van der Waals surface area contributed by atoms with Gasteiger partial charge in [-0.25, -0.2) is 0 Å². The van der Waals surface area contributed by atoms with Crippen molar-refractivity contribution in [3.05, 3.63) is 29.8 Å². The van der Waals surface area contributed by atoms with Crippen LogP contribution in [0.2, 0.25) is 0 Å². The van der Waals surface area contributed by atoms with E-state index < -0.39 is 0 Å². The van der Waals surface area contributed by atoms with Crippen LogP contribution >= 0.6 is 0 Å². The molecule has 2 rings (SSSR count). The number of nitrogens with two attached hydrogens (primary N) is 1. The number of nitrogens with one attached hydrogen (secondary N) is 1. The Morgan fingerprint density at radius 1 is 1.24 bits per heavy atom. The minimum Gasteiger partial charge on any atom is -0.396 e. The zero-order valence-electron chi connectivity index (χ0n) is 13.3. The maximum absolute atomic E-state index is 9.54. The lowest BCUT2D eigenvalue weighted by molar-refractivity contribution is 0.146. The summed E-state index contributed by atoms with van der Waals surface area (Å²) in [6.45, 7) is 0.852. The molecular weight excluding hydrogens is 262 g/mol. The fourth-order valence-corrected chi connectivity index (χ4v) is 3.21. The van der Waals surface area contributed by atoms with Gasteiger partial charge in [0.05, 0.1) is 0 Å². The predicted molar refractivity (Wildman–Crippen MR) is 88.5 cm³/mol. The third kappa shape index (κ3) is 4.19. The van der Waals surface area contributed by atoms with Crippen molar-refractivity contribution in [1.82, 2.24) is 5.32 Å². The van der Waals surface area contributed by atoms with E-state index in [1.807, 2.05) is 14.1 Å². The number of hydrogen-bond donors (Lipinski definition) is 3. The van der Waals surface area contributed by atoms with Gasteiger partial charge in [-0.1, -0.05) is 25.0 Å². The van der Waals surface area contributed by atoms with Crippen molar-refractivity contribution in [2.75, 3.05) is 32.1 Å². The highest BCUT2D eigenvalue weighted by Crippen LogP contribution is 2.27. The summed E-state index contributed by atoms with van der Waals surface area (Å²) < 4.78 is 0. The zero-order valence-corrected chi connectivity index (χ0v) is 13.3. The minimum absolute atomic E-state index is 0.165. The fraction of sp³-hybridized carbons (Fsp3) is 0.647. The quantitative estimate of drug-likeness (QED) is 0.749. The van der Waals surface area contributed by atoms with Gasteiger partial charge in [-0.2, -0.15) is 0 Å². The van der Waals surface area contributed by atoms with Crippen molar-refractivity contribution in [1.29, 1.82) is 0 Å². The van der Waals surface area contributed by atoms with Crippen LogP contribution in [0.25, 0.3) is 0 Å². The van der Waals surface area contributed by atoms with Crippen LogP contribution < -0.4 is 16.0 Å². The lowest BCUT2D eigenvalue weighted by atomic mass is 9.84. The van der Waals surface area contributed by atoms with Crippen molar-refractivity contribution >= 4 is 5.69 Å². The first-order chi connectivity index (χ1) is 10.2. The summed E-state index contributed by atoms with van der Waals surface area (Å²) in [5, 5.41) is 13.2. The van der Waals surface area contributed by atoms with Gasteiger partial charge in [0.15, 0.2) is 0 Å². The molecule has 1 aliphatic carbocycles. The lowest BCUT2D eigenvalue weighted by Crippen LogP contribution is -2.44. The highest BCUT2D eigenvalue weighted by molar-refractivity contribution is 5.46. The second kappa shape index (κ2) is 7.78. The maximum Gasteiger partial charge on any atom is 0.0474 e. The molecule has 4 nitrogen and oxygen atoms in total. The highest BCUT2D eigenvalue weighted by Gasteiger charge is 2.26. The Kier molecular flexibility index (Phi) is 6.03. The Morgan fingerprint density at radius 3 is 2.48 bits per heavy atom. The normalized spacial score (nSPS) is 23.8. The SMILES string of the molecule is CN(C)c1ccc(C(CN)NC2CCCCC2CO)cc1. The van der Waals surface area contributed by atoms with Crippen LogP contribution in [0.4, 0.5) is 5.69 Å². The van der Waals surface area contributed by atoms with Crippen LogP contribution in [0.5, 0.6) is 0 Å². The summed E-state index contributed by atoms with van der Waals surface area (Å²) >= 11 is 0. The summed E-state index contributed by atoms with van der Waals surface area (Å²) in [6, 6.07) is 9.10. The number of rotatable bonds is 6. The third-order valence-electron chi connectivity index (χ3n) is 4.61. The second-order valence-corrected chi connectivity index (χ2v) is 6.27. The molecule has 1 aromatic carbocycles. The molecule has 0 heterocycles. The van der Waals surface area contributed by atoms with E-state index in [1.165, 1.54) is 24.1 Å². The summed E-state index contributed by atoms with van der Waals surface area (Å²) in [4.78, 5) is 2.09. The molecule has 1 saturated carbocycles. The van der Waals surface area contributed by atoms with Gasteiger partial charge in [-0.15, -0.1) is 0 Å². The number of hydrogen-bond acceptors (Lipinski definition) is 4. The first kappa shape index (κ1) is 16.3. The molecule has 0 spiro atoms. The molecule has 3 unspecified atom stereocenters. The van der Waals surface area contributed by atoms with E-state index in [-0.39, 0.29) is 12.6 Å². The molecule has 0 radical (unpaired) electrons. The molecule has 4 N–H and O–H groups in total. The Labute approximate surface area is 128 Å². The number of aliphatic hydroxyl groups is 1. The van der Waals surface area contributed by atoms with E-state index in [9.17, 15) is 5.11 Å². The van der Waals surface area contributed by atoms with E-state index in [2.05, 4.69) is 34.5 Å². The van der Waals surface area contributed by atoms with Crippen LogP contribution in [0, 0.1) is 5.92 Å². The fourth-order valence-electron chi connectivity index (χ4n) is 3.21. The smallest absolute Gasteiger partial charge is 0.0474 e. The van der Waals surface area contributed by atoms with Crippen molar-refractivity contribution in [2.24, 2.45) is 11.7 Å². The lowest BCUT2D eigenvalue weighted by Gasteiger charge is -2.34. The standard InChI is InChI=1S/C17H29N3O/c1-20(2)15-9-7-13(8-10-15)17(11-18)19-16-6-4-3-5-14(16)12-21/h7-10,14,16-17,19,21H,3-6,11-12,18H2,1-2H3. The molecule has 0 amide bonds. The van der Waals surface area contributed by atoms with Crippen LogP contribution in [0.15, 0.2) is 24.3 Å². The summed E-state index contributed by atoms with van der Waals surface area (Å²) in [7, 11) is 4.09. The number of benzene rings is 1. The molecule has 4 heteroatoms. The summed E-state index contributed by atoms with van der Waals surface area (Å²) in [5.74, 6) is 0.369. The first-order valence-electron chi connectivity index (χ1n) is 8.00. The largest absolute Gasteiger partial charge is 0.396 e. The molecule has 1 fully saturated rings. The van der Waals surface area contributed by atoms with Crippen LogP contribution in [-0.2, 0) is 0 Å². The van der Waals surface area contributed by atoms with Gasteiger partial charge >= 0.3 is 0 Å². The average molecular weight is 291 g/mol. The van der Waals surface area contributed by atoms with E-state index in [1.54, 1.807) is 0 Å². The Hall–Kier alpha value is -1.10. The average Bonchev–Trinajstić information content (AvgIpc) is 2.53. The monoisotopic (exact) mass is 291 g/mol. The van der Waals surface area contributed by atoms with E-state index in [0.717, 1.165) is 12.8 Å². The molecule has 0 aromatic heterocycles. The van der Waals surface area contributed by atoms with Gasteiger partial charge < -0.3 is 21.1 Å². The maximum atomic E-state index is 9.54. The Bertz CT molecular complexity index is 419. The predicted octanol–water partition coefficient (Wildman–Crippen LogP) is 1.89. The number of aliphatic hydroxyl groups excluding tert-OH is 1. The molecule has 21 heavy (non-hydrogen) atoms. The first-order valence-corrected chi connectivity index (χ1v) is 8.00. The van der Waals surface area contributed by atoms with Gasteiger partial charge in [-0.05, 0) is 36.5 Å². The molecule has 0 aliphatic heterocycles. The van der Waals surface area contributed by atoms with Crippen molar-refractivity contribution in [3.8, 4) is 0 Å². The zero-order chi connectivity index (χ0) is 15.2. The Morgan fingerprint density at radius 2 is 1.90 bits per heavy atom. The molecule has 118 valence electrons. The number of nitrogens with zero attached hydrogens (tertiary/aromatic N) is 1. The molecule has 3 atom stereocenters. The van der Waals surface area contributed by atoms with E-state index in [0.29, 0.717) is 18.5 Å². The van der Waals surface area contributed by atoms with Crippen LogP contribution in [-0.4, -0.2) is 38.4 Å². The molecule has 0 bridgehead atoms. The molecule has 1 aliphatic rings. The van der Waals surface area contributed by atoms with Gasteiger partial charge in [-0.3, -0.25) is 0 Å². The van der Waals surface area contributed by atoms with Crippen LogP contribution in [0.3, 0.4) is 0 Å². The molecular formula is C17H29N3O. The van der Waals surface area contributed by atoms with E-state index in [4.69, 9.17) is 5.73 Å². The van der Waals surface area contributed by atoms with Crippen LogP contribution in [0.1, 0.15) is 37.3 Å². The van der Waals surface area contributed by atoms with E-state index >= 15 is 0 Å². The van der Waals surface area contributed by atoms with Crippen molar-refractivity contribution in [2.45, 2.75) is 37.8 Å². The van der Waals surface area contributed by atoms with Gasteiger partial charge in [0, 0.05) is 45.0 Å². The third-order valence-corrected chi connectivity index (χ3v) is 4.61. The number of anilines is 1. The summed E-state index contributed by atoms with van der Waals surface area (Å²) in [5.41, 5.74) is 8.39.